The second kappa shape index (κ2) is 7.52. The highest BCUT2D eigenvalue weighted by atomic mass is 32.2. The molecule has 2 nitrogen and oxygen atoms in total. The van der Waals surface area contributed by atoms with Crippen molar-refractivity contribution in [2.45, 2.75) is 65.0 Å². The monoisotopic (exact) mass is 259 g/mol. The summed E-state index contributed by atoms with van der Waals surface area (Å²) in [5, 5.41) is 3.66. The van der Waals surface area contributed by atoms with Gasteiger partial charge in [-0.1, -0.05) is 26.7 Å². The molecule has 0 aliphatic heterocycles. The van der Waals surface area contributed by atoms with Crippen molar-refractivity contribution in [3.63, 3.8) is 0 Å². The minimum absolute atomic E-state index is 0.390. The quantitative estimate of drug-likeness (QED) is 0.769. The van der Waals surface area contributed by atoms with E-state index >= 15 is 0 Å². The van der Waals surface area contributed by atoms with Crippen LogP contribution in [0.15, 0.2) is 0 Å². The van der Waals surface area contributed by atoms with Crippen molar-refractivity contribution in [1.82, 2.24) is 5.32 Å². The fraction of sp³-hybridized carbons (Fsp3) is 1.00. The van der Waals surface area contributed by atoms with E-state index in [0.29, 0.717) is 12.1 Å². The molecule has 17 heavy (non-hydrogen) atoms. The molecule has 0 aromatic heterocycles. The van der Waals surface area contributed by atoms with Gasteiger partial charge in [-0.3, -0.25) is 4.21 Å². The third kappa shape index (κ3) is 6.01. The van der Waals surface area contributed by atoms with Crippen LogP contribution < -0.4 is 5.32 Å². The molecular formula is C14H29NOS. The van der Waals surface area contributed by atoms with Crippen molar-refractivity contribution in [1.29, 1.82) is 0 Å². The van der Waals surface area contributed by atoms with Crippen LogP contribution >= 0.6 is 0 Å². The Balaban J connectivity index is 2.33. The van der Waals surface area contributed by atoms with Crippen LogP contribution in [-0.2, 0) is 10.8 Å². The molecule has 4 atom stereocenters. The Bertz CT molecular complexity index is 242. The van der Waals surface area contributed by atoms with Crippen molar-refractivity contribution in [3.8, 4) is 0 Å². The van der Waals surface area contributed by atoms with Crippen LogP contribution in [0.5, 0.6) is 0 Å². The summed E-state index contributed by atoms with van der Waals surface area (Å²) in [6.07, 6.45) is 8.48. The zero-order valence-electron chi connectivity index (χ0n) is 11.9. The Labute approximate surface area is 109 Å². The van der Waals surface area contributed by atoms with E-state index in [-0.39, 0.29) is 0 Å². The second-order valence-corrected chi connectivity index (χ2v) is 7.50. The van der Waals surface area contributed by atoms with Crippen LogP contribution in [0.1, 0.15) is 52.9 Å². The average molecular weight is 259 g/mol. The predicted molar refractivity (Wildman–Crippen MR) is 76.7 cm³/mol. The van der Waals surface area contributed by atoms with Gasteiger partial charge in [-0.05, 0) is 38.0 Å². The lowest BCUT2D eigenvalue weighted by Gasteiger charge is -2.22. The highest BCUT2D eigenvalue weighted by molar-refractivity contribution is 7.84. The molecule has 0 aromatic carbocycles. The molecule has 0 bridgehead atoms. The third-order valence-electron chi connectivity index (χ3n) is 3.96. The number of rotatable bonds is 5. The van der Waals surface area contributed by atoms with Gasteiger partial charge in [0.2, 0.25) is 0 Å². The van der Waals surface area contributed by atoms with Gasteiger partial charge >= 0.3 is 0 Å². The summed E-state index contributed by atoms with van der Waals surface area (Å²) >= 11 is 0. The summed E-state index contributed by atoms with van der Waals surface area (Å²) in [6.45, 7) is 6.86. The van der Waals surface area contributed by atoms with Gasteiger partial charge in [-0.2, -0.15) is 0 Å². The normalized spacial score (nSPS) is 29.9. The molecule has 0 aromatic rings. The van der Waals surface area contributed by atoms with E-state index in [2.05, 4.69) is 26.1 Å². The number of nitrogens with one attached hydrogen (secondary N) is 1. The average Bonchev–Trinajstić information content (AvgIpc) is 2.41. The molecule has 0 radical (unpaired) electrons. The van der Waals surface area contributed by atoms with Crippen molar-refractivity contribution >= 4 is 10.8 Å². The molecule has 1 rings (SSSR count). The van der Waals surface area contributed by atoms with Crippen LogP contribution in [-0.4, -0.2) is 28.3 Å². The highest BCUT2D eigenvalue weighted by Crippen LogP contribution is 2.28. The van der Waals surface area contributed by atoms with Crippen molar-refractivity contribution in [2.24, 2.45) is 11.8 Å². The summed E-state index contributed by atoms with van der Waals surface area (Å²) in [4.78, 5) is 0. The topological polar surface area (TPSA) is 29.1 Å². The largest absolute Gasteiger partial charge is 0.311 e. The Hall–Kier alpha value is 0.110. The Morgan fingerprint density at radius 1 is 1.18 bits per heavy atom. The lowest BCUT2D eigenvalue weighted by molar-refractivity contribution is 0.336. The molecule has 1 N–H and O–H groups in total. The molecule has 4 unspecified atom stereocenters. The maximum Gasteiger partial charge on any atom is 0.0383 e. The SMILES string of the molecule is CC(CS(C)=O)NC1CCCC(C(C)C)CC1. The van der Waals surface area contributed by atoms with E-state index in [0.717, 1.165) is 17.6 Å². The lowest BCUT2D eigenvalue weighted by atomic mass is 9.89. The van der Waals surface area contributed by atoms with Crippen molar-refractivity contribution in [3.05, 3.63) is 0 Å². The van der Waals surface area contributed by atoms with Crippen LogP contribution in [0.3, 0.4) is 0 Å². The molecule has 0 amide bonds. The minimum Gasteiger partial charge on any atom is -0.311 e. The Morgan fingerprint density at radius 3 is 2.47 bits per heavy atom. The molecule has 0 saturated heterocycles. The van der Waals surface area contributed by atoms with Gasteiger partial charge in [0, 0.05) is 34.9 Å². The summed E-state index contributed by atoms with van der Waals surface area (Å²) < 4.78 is 11.2. The lowest BCUT2D eigenvalue weighted by Crippen LogP contribution is -2.39. The second-order valence-electron chi connectivity index (χ2n) is 6.02. The van der Waals surface area contributed by atoms with E-state index in [1.807, 2.05) is 0 Å². The number of hydrogen-bond acceptors (Lipinski definition) is 2. The van der Waals surface area contributed by atoms with Gasteiger partial charge in [0.05, 0.1) is 0 Å². The van der Waals surface area contributed by atoms with Gasteiger partial charge in [0.25, 0.3) is 0 Å². The molecule has 0 spiro atoms. The summed E-state index contributed by atoms with van der Waals surface area (Å²) in [5.41, 5.74) is 0. The van der Waals surface area contributed by atoms with Gasteiger partial charge < -0.3 is 5.32 Å². The maximum atomic E-state index is 11.2. The first-order chi connectivity index (χ1) is 7.99. The first-order valence-electron chi connectivity index (χ1n) is 7.05. The smallest absolute Gasteiger partial charge is 0.0383 e. The van der Waals surface area contributed by atoms with Crippen LogP contribution in [0, 0.1) is 11.8 Å². The standard InChI is InChI=1S/C14H29NOS/c1-11(2)13-6-5-7-14(9-8-13)15-12(3)10-17(4)16/h11-15H,5-10H2,1-4H3. The molecule has 1 fully saturated rings. The van der Waals surface area contributed by atoms with Crippen molar-refractivity contribution in [2.75, 3.05) is 12.0 Å². The Morgan fingerprint density at radius 2 is 1.88 bits per heavy atom. The van der Waals surface area contributed by atoms with Gasteiger partial charge in [-0.15, -0.1) is 0 Å². The van der Waals surface area contributed by atoms with Crippen LogP contribution in [0.25, 0.3) is 0 Å². The third-order valence-corrected chi connectivity index (χ3v) is 4.93. The summed E-state index contributed by atoms with van der Waals surface area (Å²) in [6, 6.07) is 1.04. The van der Waals surface area contributed by atoms with Crippen LogP contribution in [0.2, 0.25) is 0 Å². The first kappa shape index (κ1) is 15.2. The molecule has 102 valence electrons. The van der Waals surface area contributed by atoms with E-state index < -0.39 is 10.8 Å². The molecule has 0 heterocycles. The Kier molecular flexibility index (Phi) is 6.71. The van der Waals surface area contributed by atoms with Crippen LogP contribution in [0.4, 0.5) is 0 Å². The van der Waals surface area contributed by atoms with Crippen molar-refractivity contribution < 1.29 is 4.21 Å². The van der Waals surface area contributed by atoms with Gasteiger partial charge in [0.1, 0.15) is 0 Å². The molecule has 1 saturated carbocycles. The first-order valence-corrected chi connectivity index (χ1v) is 8.77. The molecular weight excluding hydrogens is 230 g/mol. The maximum absolute atomic E-state index is 11.2. The van der Waals surface area contributed by atoms with E-state index in [9.17, 15) is 4.21 Å². The van der Waals surface area contributed by atoms with E-state index in [4.69, 9.17) is 0 Å². The molecule has 1 aliphatic carbocycles. The fourth-order valence-corrected chi connectivity index (χ4v) is 3.77. The molecule has 1 aliphatic rings. The fourth-order valence-electron chi connectivity index (χ4n) is 2.97. The number of hydrogen-bond donors (Lipinski definition) is 1. The zero-order valence-corrected chi connectivity index (χ0v) is 12.7. The van der Waals surface area contributed by atoms with E-state index in [1.165, 1.54) is 32.1 Å². The van der Waals surface area contributed by atoms with Gasteiger partial charge in [0.15, 0.2) is 0 Å². The summed E-state index contributed by atoms with van der Waals surface area (Å²) in [5.74, 6) is 2.52. The predicted octanol–water partition coefficient (Wildman–Crippen LogP) is 2.95. The van der Waals surface area contributed by atoms with E-state index in [1.54, 1.807) is 6.26 Å². The minimum atomic E-state index is -0.681. The summed E-state index contributed by atoms with van der Waals surface area (Å²) in [7, 11) is -0.681. The molecule has 3 heteroatoms. The zero-order chi connectivity index (χ0) is 12.8. The highest BCUT2D eigenvalue weighted by Gasteiger charge is 2.21. The van der Waals surface area contributed by atoms with Gasteiger partial charge in [-0.25, -0.2) is 0 Å².